The summed E-state index contributed by atoms with van der Waals surface area (Å²) in [5.41, 5.74) is 6.86. The fourth-order valence-electron chi connectivity index (χ4n) is 1.22. The molecule has 0 spiro atoms. The first kappa shape index (κ1) is 14.1. The van der Waals surface area contributed by atoms with E-state index in [0.29, 0.717) is 10.9 Å². The third-order valence-corrected chi connectivity index (χ3v) is 4.22. The largest absolute Gasteiger partial charge is 0.397 e. The van der Waals surface area contributed by atoms with E-state index in [1.807, 2.05) is 6.26 Å². The summed E-state index contributed by atoms with van der Waals surface area (Å²) in [6.07, 6.45) is 2.03. The number of sulfonamides is 1. The number of hydrogen-bond donors (Lipinski definition) is 3. The minimum absolute atomic E-state index is 0.0264. The average Bonchev–Trinajstić information content (AvgIpc) is 2.25. The third-order valence-electron chi connectivity index (χ3n) is 2.33. The van der Waals surface area contributed by atoms with Gasteiger partial charge in [0.15, 0.2) is 0 Å². The summed E-state index contributed by atoms with van der Waals surface area (Å²) in [6.45, 7) is 2.85. The van der Waals surface area contributed by atoms with E-state index in [1.165, 1.54) is 12.1 Å². The smallest absolute Gasteiger partial charge is 0.238 e. The Morgan fingerprint density at radius 2 is 2.12 bits per heavy atom. The molecule has 0 aliphatic carbocycles. The van der Waals surface area contributed by atoms with Crippen molar-refractivity contribution in [3.63, 3.8) is 0 Å². The Hall–Kier alpha value is -0.920. The summed E-state index contributed by atoms with van der Waals surface area (Å²) < 4.78 is 22.2. The molecule has 0 radical (unpaired) electrons. The van der Waals surface area contributed by atoms with Gasteiger partial charge in [0.25, 0.3) is 0 Å². The Labute approximate surface area is 106 Å². The normalized spacial score (nSPS) is 13.4. The van der Waals surface area contributed by atoms with Crippen molar-refractivity contribution in [1.82, 2.24) is 0 Å². The van der Waals surface area contributed by atoms with Crippen molar-refractivity contribution in [3.05, 3.63) is 18.2 Å². The summed E-state index contributed by atoms with van der Waals surface area (Å²) in [7, 11) is -3.69. The lowest BCUT2D eigenvalue weighted by Gasteiger charge is -2.13. The first-order chi connectivity index (χ1) is 7.84. The van der Waals surface area contributed by atoms with Gasteiger partial charge in [-0.15, -0.1) is 0 Å². The SMILES string of the molecule is CSC(C)CNc1ccc(S(N)(=O)=O)cc1N. The monoisotopic (exact) mass is 275 g/mol. The number of nitrogens with two attached hydrogens (primary N) is 2. The van der Waals surface area contributed by atoms with E-state index in [1.54, 1.807) is 17.8 Å². The molecule has 0 bridgehead atoms. The average molecular weight is 275 g/mol. The van der Waals surface area contributed by atoms with E-state index < -0.39 is 10.0 Å². The maximum atomic E-state index is 11.1. The zero-order valence-electron chi connectivity index (χ0n) is 9.80. The molecule has 1 atom stereocenters. The van der Waals surface area contributed by atoms with Gasteiger partial charge < -0.3 is 11.1 Å². The molecule has 1 aromatic carbocycles. The lowest BCUT2D eigenvalue weighted by atomic mass is 10.2. The van der Waals surface area contributed by atoms with E-state index in [4.69, 9.17) is 10.9 Å². The molecule has 1 aromatic rings. The number of anilines is 2. The van der Waals surface area contributed by atoms with Gasteiger partial charge in [-0.05, 0) is 24.5 Å². The zero-order valence-corrected chi connectivity index (χ0v) is 11.4. The number of nitrogens with one attached hydrogen (secondary N) is 1. The van der Waals surface area contributed by atoms with Gasteiger partial charge in [0.1, 0.15) is 0 Å². The Kier molecular flexibility index (Phi) is 4.67. The van der Waals surface area contributed by atoms with Crippen molar-refractivity contribution < 1.29 is 8.42 Å². The molecule has 5 nitrogen and oxygen atoms in total. The molecule has 1 unspecified atom stereocenters. The Bertz CT molecular complexity index is 488. The van der Waals surface area contributed by atoms with E-state index >= 15 is 0 Å². The van der Waals surface area contributed by atoms with Gasteiger partial charge in [-0.1, -0.05) is 6.92 Å². The van der Waals surface area contributed by atoms with Gasteiger partial charge >= 0.3 is 0 Å². The topological polar surface area (TPSA) is 98.2 Å². The van der Waals surface area contributed by atoms with E-state index in [0.717, 1.165) is 12.2 Å². The molecular weight excluding hydrogens is 258 g/mol. The van der Waals surface area contributed by atoms with Gasteiger partial charge in [-0.25, -0.2) is 13.6 Å². The van der Waals surface area contributed by atoms with Crippen molar-refractivity contribution >= 4 is 33.2 Å². The molecule has 0 aliphatic heterocycles. The quantitative estimate of drug-likeness (QED) is 0.698. The lowest BCUT2D eigenvalue weighted by molar-refractivity contribution is 0.598. The maximum absolute atomic E-state index is 11.1. The first-order valence-corrected chi connectivity index (χ1v) is 7.87. The Morgan fingerprint density at radius 3 is 2.59 bits per heavy atom. The van der Waals surface area contributed by atoms with Crippen LogP contribution in [0.3, 0.4) is 0 Å². The van der Waals surface area contributed by atoms with E-state index in [9.17, 15) is 8.42 Å². The van der Waals surface area contributed by atoms with Crippen molar-refractivity contribution in [2.75, 3.05) is 23.9 Å². The zero-order chi connectivity index (χ0) is 13.1. The van der Waals surface area contributed by atoms with Crippen LogP contribution < -0.4 is 16.2 Å². The van der Waals surface area contributed by atoms with Crippen LogP contribution in [0.25, 0.3) is 0 Å². The van der Waals surface area contributed by atoms with Gasteiger partial charge in [0.2, 0.25) is 10.0 Å². The summed E-state index contributed by atoms with van der Waals surface area (Å²) >= 11 is 1.74. The molecule has 0 aliphatic rings. The fourth-order valence-corrected chi connectivity index (χ4v) is 2.01. The molecule has 0 saturated carbocycles. The summed E-state index contributed by atoms with van der Waals surface area (Å²) in [4.78, 5) is 0.0264. The highest BCUT2D eigenvalue weighted by molar-refractivity contribution is 7.99. The van der Waals surface area contributed by atoms with Crippen LogP contribution in [-0.4, -0.2) is 26.5 Å². The van der Waals surface area contributed by atoms with Gasteiger partial charge in [0, 0.05) is 11.8 Å². The van der Waals surface area contributed by atoms with Crippen molar-refractivity contribution in [1.29, 1.82) is 0 Å². The van der Waals surface area contributed by atoms with Gasteiger partial charge in [0.05, 0.1) is 16.3 Å². The lowest BCUT2D eigenvalue weighted by Crippen LogP contribution is -2.15. The molecule has 0 heterocycles. The van der Waals surface area contributed by atoms with Crippen molar-refractivity contribution in [3.8, 4) is 0 Å². The Morgan fingerprint density at radius 1 is 1.47 bits per heavy atom. The van der Waals surface area contributed by atoms with E-state index in [-0.39, 0.29) is 4.90 Å². The highest BCUT2D eigenvalue weighted by atomic mass is 32.2. The van der Waals surface area contributed by atoms with Crippen LogP contribution in [0.5, 0.6) is 0 Å². The van der Waals surface area contributed by atoms with Crippen LogP contribution in [0.4, 0.5) is 11.4 Å². The Balaban J connectivity index is 2.84. The number of thioether (sulfide) groups is 1. The van der Waals surface area contributed by atoms with Crippen LogP contribution in [-0.2, 0) is 10.0 Å². The molecule has 0 aromatic heterocycles. The second kappa shape index (κ2) is 5.61. The molecular formula is C10H17N3O2S2. The second-order valence-electron chi connectivity index (χ2n) is 3.72. The van der Waals surface area contributed by atoms with Crippen LogP contribution in [0.15, 0.2) is 23.1 Å². The molecule has 7 heteroatoms. The van der Waals surface area contributed by atoms with Gasteiger partial charge in [-0.3, -0.25) is 0 Å². The predicted octanol–water partition coefficient (Wildman–Crippen LogP) is 1.08. The predicted molar refractivity (Wildman–Crippen MR) is 73.7 cm³/mol. The number of rotatable bonds is 5. The van der Waals surface area contributed by atoms with Crippen LogP contribution >= 0.6 is 11.8 Å². The van der Waals surface area contributed by atoms with Crippen LogP contribution in [0.2, 0.25) is 0 Å². The van der Waals surface area contributed by atoms with Gasteiger partial charge in [-0.2, -0.15) is 11.8 Å². The number of benzene rings is 1. The van der Waals surface area contributed by atoms with Crippen LogP contribution in [0.1, 0.15) is 6.92 Å². The molecule has 5 N–H and O–H groups in total. The maximum Gasteiger partial charge on any atom is 0.238 e. The third kappa shape index (κ3) is 4.10. The number of hydrogen-bond acceptors (Lipinski definition) is 5. The molecule has 1 rings (SSSR count). The fraction of sp³-hybridized carbons (Fsp3) is 0.400. The van der Waals surface area contributed by atoms with E-state index in [2.05, 4.69) is 12.2 Å². The first-order valence-electron chi connectivity index (χ1n) is 5.03. The minimum Gasteiger partial charge on any atom is -0.397 e. The summed E-state index contributed by atoms with van der Waals surface area (Å²) in [5, 5.41) is 8.62. The molecule has 96 valence electrons. The summed E-state index contributed by atoms with van der Waals surface area (Å²) in [5.74, 6) is 0. The number of nitrogen functional groups attached to an aromatic ring is 1. The van der Waals surface area contributed by atoms with Crippen molar-refractivity contribution in [2.45, 2.75) is 17.1 Å². The standard InChI is InChI=1S/C10H17N3O2S2/c1-7(16-2)6-13-10-4-3-8(5-9(10)11)17(12,14)15/h3-5,7,13H,6,11H2,1-2H3,(H2,12,14,15). The molecule has 0 fully saturated rings. The second-order valence-corrected chi connectivity index (χ2v) is 6.56. The van der Waals surface area contributed by atoms with Crippen molar-refractivity contribution in [2.24, 2.45) is 5.14 Å². The minimum atomic E-state index is -3.69. The highest BCUT2D eigenvalue weighted by Crippen LogP contribution is 2.22. The highest BCUT2D eigenvalue weighted by Gasteiger charge is 2.10. The number of primary sulfonamides is 1. The molecule has 0 saturated heterocycles. The summed E-state index contributed by atoms with van der Waals surface area (Å²) in [6, 6.07) is 4.43. The van der Waals surface area contributed by atoms with Crippen LogP contribution in [0, 0.1) is 0 Å². The molecule has 0 amide bonds. The molecule has 17 heavy (non-hydrogen) atoms.